The summed E-state index contributed by atoms with van der Waals surface area (Å²) >= 11 is 3.16. The van der Waals surface area contributed by atoms with Gasteiger partial charge in [-0.1, -0.05) is 12.1 Å². The van der Waals surface area contributed by atoms with Crippen LogP contribution < -0.4 is 21.5 Å². The highest BCUT2D eigenvalue weighted by Crippen LogP contribution is 2.18. The molecule has 0 spiro atoms. The molecule has 0 saturated heterocycles. The molecule has 0 aliphatic carbocycles. The Morgan fingerprint density at radius 3 is 2.52 bits per heavy atom. The molecule has 9 heteroatoms. The molecular formula is C14H10Br2N2O5. The van der Waals surface area contributed by atoms with Crippen LogP contribution in [0.25, 0.3) is 0 Å². The average Bonchev–Trinajstić information content (AvgIpc) is 2.46. The van der Waals surface area contributed by atoms with Crippen molar-refractivity contribution < 1.29 is 41.2 Å². The lowest BCUT2D eigenvalue weighted by molar-refractivity contribution is -0.683. The maximum atomic E-state index is 12.2. The summed E-state index contributed by atoms with van der Waals surface area (Å²) in [7, 11) is 0. The molecule has 2 rings (SSSR count). The van der Waals surface area contributed by atoms with Crippen molar-refractivity contribution in [2.45, 2.75) is 6.54 Å². The van der Waals surface area contributed by atoms with Gasteiger partial charge in [-0.3, -0.25) is 14.9 Å². The summed E-state index contributed by atoms with van der Waals surface area (Å²) in [6, 6.07) is 7.03. The lowest BCUT2D eigenvalue weighted by Crippen LogP contribution is -3.00. The second kappa shape index (κ2) is 7.93. The fraction of sp³-hybridized carbons (Fsp3) is 0.0714. The van der Waals surface area contributed by atoms with Crippen molar-refractivity contribution >= 4 is 33.4 Å². The summed E-state index contributed by atoms with van der Waals surface area (Å²) in [6.07, 6.45) is 2.82. The number of carboxylic acids is 1. The summed E-state index contributed by atoms with van der Waals surface area (Å²) < 4.78 is 1.86. The number of halogens is 2. The number of aromatic nitrogens is 1. The molecule has 1 heterocycles. The number of benzene rings is 1. The van der Waals surface area contributed by atoms with Crippen molar-refractivity contribution in [3.8, 4) is 0 Å². The van der Waals surface area contributed by atoms with E-state index in [1.54, 1.807) is 0 Å². The zero-order valence-electron chi connectivity index (χ0n) is 11.5. The van der Waals surface area contributed by atoms with Gasteiger partial charge in [0.15, 0.2) is 12.4 Å². The average molecular weight is 446 g/mol. The van der Waals surface area contributed by atoms with E-state index in [1.165, 1.54) is 47.3 Å². The van der Waals surface area contributed by atoms with Gasteiger partial charge in [0.1, 0.15) is 11.1 Å². The number of ketones is 1. The molecular weight excluding hydrogens is 436 g/mol. The molecule has 7 nitrogen and oxygen atoms in total. The Balaban J connectivity index is 0.00000264. The highest BCUT2D eigenvalue weighted by molar-refractivity contribution is 9.10. The monoisotopic (exact) mass is 444 g/mol. The van der Waals surface area contributed by atoms with Crippen LogP contribution in [0.15, 0.2) is 47.2 Å². The van der Waals surface area contributed by atoms with Gasteiger partial charge in [0, 0.05) is 6.07 Å². The summed E-state index contributed by atoms with van der Waals surface area (Å²) in [6.45, 7) is -0.204. The first kappa shape index (κ1) is 18.9. The first-order valence-electron chi connectivity index (χ1n) is 6.08. The molecule has 23 heavy (non-hydrogen) atoms. The van der Waals surface area contributed by atoms with E-state index in [0.717, 1.165) is 0 Å². The normalized spacial score (nSPS) is 9.78. The van der Waals surface area contributed by atoms with Crippen molar-refractivity contribution in [2.24, 2.45) is 0 Å². The van der Waals surface area contributed by atoms with Crippen LogP contribution in [0.5, 0.6) is 0 Å². The molecule has 0 radical (unpaired) electrons. The van der Waals surface area contributed by atoms with Crippen molar-refractivity contribution in [3.05, 3.63) is 68.4 Å². The second-order valence-electron chi connectivity index (χ2n) is 4.42. The third kappa shape index (κ3) is 4.67. The Morgan fingerprint density at radius 1 is 1.26 bits per heavy atom. The molecule has 0 atom stereocenters. The number of pyridine rings is 1. The molecule has 0 fully saturated rings. The molecule has 120 valence electrons. The minimum atomic E-state index is -1.13. The Labute approximate surface area is 149 Å². The van der Waals surface area contributed by atoms with Gasteiger partial charge in [0.2, 0.25) is 12.3 Å². The fourth-order valence-electron chi connectivity index (χ4n) is 1.93. The standard InChI is InChI=1S/C14H9BrN2O5.BrH/c15-10-5-9(14(19)20)6-16(7-10)8-13(18)11-3-1-2-4-12(11)17(21)22;/h1-7H,8H2;1H. The van der Waals surface area contributed by atoms with Crippen LogP contribution in [0.4, 0.5) is 5.69 Å². The van der Waals surface area contributed by atoms with Crippen molar-refractivity contribution in [3.63, 3.8) is 0 Å². The number of Topliss-reactive ketones (excluding diaryl/α,β-unsaturated/α-hetero) is 1. The topological polar surface area (TPSA) is 101 Å². The Hall–Kier alpha value is -2.13. The third-order valence-electron chi connectivity index (χ3n) is 2.86. The van der Waals surface area contributed by atoms with E-state index in [-0.39, 0.29) is 40.3 Å². The van der Waals surface area contributed by atoms with Gasteiger partial charge in [0.05, 0.1) is 9.40 Å². The number of carbonyl (C=O) groups excluding carboxylic acids is 1. The lowest BCUT2D eigenvalue weighted by Gasteiger charge is -2.01. The molecule has 2 aromatic rings. The van der Waals surface area contributed by atoms with Crippen LogP contribution in [0.2, 0.25) is 0 Å². The Bertz CT molecular complexity index is 780. The van der Waals surface area contributed by atoms with Crippen LogP contribution >= 0.6 is 15.9 Å². The van der Waals surface area contributed by atoms with E-state index in [2.05, 4.69) is 15.9 Å². The molecule has 0 aliphatic heterocycles. The van der Waals surface area contributed by atoms with Crippen LogP contribution in [0, 0.1) is 10.1 Å². The zero-order valence-corrected chi connectivity index (χ0v) is 14.7. The zero-order chi connectivity index (χ0) is 16.3. The third-order valence-corrected chi connectivity index (χ3v) is 3.30. The SMILES string of the molecule is O=C(O)c1cc(Br)c[n+](CC(=O)c2ccccc2[N+](=O)[O-])c1.[Br-]. The van der Waals surface area contributed by atoms with Crippen molar-refractivity contribution in [2.75, 3.05) is 0 Å². The molecule has 1 aromatic heterocycles. The smallest absolute Gasteiger partial charge is 0.341 e. The van der Waals surface area contributed by atoms with Gasteiger partial charge in [-0.25, -0.2) is 4.79 Å². The molecule has 0 amide bonds. The van der Waals surface area contributed by atoms with Gasteiger partial charge in [-0.15, -0.1) is 0 Å². The number of hydrogen-bond donors (Lipinski definition) is 1. The molecule has 0 bridgehead atoms. The van der Waals surface area contributed by atoms with E-state index in [9.17, 15) is 19.7 Å². The number of hydrogen-bond acceptors (Lipinski definition) is 4. The maximum Gasteiger partial charge on any atom is 0.341 e. The van der Waals surface area contributed by atoms with E-state index in [1.807, 2.05) is 0 Å². The number of nitro benzene ring substituents is 1. The Kier molecular flexibility index (Phi) is 6.52. The summed E-state index contributed by atoms with van der Waals surface area (Å²) in [5.74, 6) is -1.61. The largest absolute Gasteiger partial charge is 1.00 e. The van der Waals surface area contributed by atoms with Gasteiger partial charge >= 0.3 is 5.97 Å². The minimum absolute atomic E-state index is 0. The molecule has 1 aromatic carbocycles. The fourth-order valence-corrected chi connectivity index (χ4v) is 2.43. The predicted molar refractivity (Wildman–Crippen MR) is 78.7 cm³/mol. The number of carboxylic acid groups (broad SMARTS) is 1. The highest BCUT2D eigenvalue weighted by Gasteiger charge is 2.23. The van der Waals surface area contributed by atoms with Gasteiger partial charge in [0.25, 0.3) is 5.69 Å². The lowest BCUT2D eigenvalue weighted by atomic mass is 10.1. The van der Waals surface area contributed by atoms with Gasteiger partial charge < -0.3 is 22.1 Å². The van der Waals surface area contributed by atoms with Crippen molar-refractivity contribution in [1.29, 1.82) is 0 Å². The number of nitrogens with zero attached hydrogens (tertiary/aromatic N) is 2. The summed E-state index contributed by atoms with van der Waals surface area (Å²) in [5, 5.41) is 19.9. The number of carbonyl (C=O) groups is 2. The number of rotatable bonds is 5. The molecule has 1 N–H and O–H groups in total. The van der Waals surface area contributed by atoms with Crippen LogP contribution in [-0.2, 0) is 6.54 Å². The van der Waals surface area contributed by atoms with E-state index >= 15 is 0 Å². The first-order chi connectivity index (χ1) is 10.4. The minimum Gasteiger partial charge on any atom is -1.00 e. The van der Waals surface area contributed by atoms with E-state index in [0.29, 0.717) is 4.47 Å². The number of para-hydroxylation sites is 1. The van der Waals surface area contributed by atoms with Crippen LogP contribution in [0.3, 0.4) is 0 Å². The predicted octanol–water partition coefficient (Wildman–Crippen LogP) is -0.770. The number of aromatic carboxylic acids is 1. The molecule has 0 unspecified atom stereocenters. The number of nitro groups is 1. The van der Waals surface area contributed by atoms with E-state index in [4.69, 9.17) is 5.11 Å². The molecule has 0 aliphatic rings. The van der Waals surface area contributed by atoms with Crippen LogP contribution in [-0.4, -0.2) is 21.8 Å². The van der Waals surface area contributed by atoms with Crippen LogP contribution in [0.1, 0.15) is 20.7 Å². The molecule has 0 saturated carbocycles. The first-order valence-corrected chi connectivity index (χ1v) is 6.87. The maximum absolute atomic E-state index is 12.2. The quantitative estimate of drug-likeness (QED) is 0.282. The highest BCUT2D eigenvalue weighted by atomic mass is 79.9. The Morgan fingerprint density at radius 2 is 1.91 bits per heavy atom. The second-order valence-corrected chi connectivity index (χ2v) is 5.33. The van der Waals surface area contributed by atoms with Gasteiger partial charge in [-0.05, 0) is 28.1 Å². The summed E-state index contributed by atoms with van der Waals surface area (Å²) in [5.41, 5.74) is -0.289. The van der Waals surface area contributed by atoms with E-state index < -0.39 is 16.7 Å². The van der Waals surface area contributed by atoms with Crippen molar-refractivity contribution in [1.82, 2.24) is 0 Å². The van der Waals surface area contributed by atoms with Gasteiger partial charge in [-0.2, -0.15) is 4.57 Å². The summed E-state index contributed by atoms with van der Waals surface area (Å²) in [4.78, 5) is 33.6.